The Morgan fingerprint density at radius 1 is 1.13 bits per heavy atom. The smallest absolute Gasteiger partial charge is 0.181 e. The highest BCUT2D eigenvalue weighted by Gasteiger charge is 2.17. The molecule has 0 aliphatic carbocycles. The molecule has 0 fully saturated rings. The van der Waals surface area contributed by atoms with E-state index in [4.69, 9.17) is 14.8 Å². The van der Waals surface area contributed by atoms with Crippen LogP contribution in [0.5, 0.6) is 5.75 Å². The average Bonchev–Trinajstić information content (AvgIpc) is 3.34. The molecule has 4 rings (SSSR count). The third kappa shape index (κ3) is 4.14. The van der Waals surface area contributed by atoms with E-state index in [2.05, 4.69) is 21.0 Å². The standard InChI is InChI=1S/C22H21BrFN5O/c1-14-10-16(5-7-18(14)23)22-26-21(9-4-15-12-25-28(2)13-15)29(27-22)19-8-6-17(24)11-20(19)30-3/h5-8,10-13H,4,9H2,1-3H3. The first-order chi connectivity index (χ1) is 14.4. The van der Waals surface area contributed by atoms with Gasteiger partial charge in [0, 0.05) is 35.8 Å². The van der Waals surface area contributed by atoms with Crippen LogP contribution in [0.1, 0.15) is 17.0 Å². The predicted octanol–water partition coefficient (Wildman–Crippen LogP) is 4.67. The number of nitrogens with zero attached hydrogens (tertiary/aromatic N) is 5. The molecule has 0 saturated heterocycles. The summed E-state index contributed by atoms with van der Waals surface area (Å²) in [7, 11) is 3.41. The van der Waals surface area contributed by atoms with Crippen molar-refractivity contribution in [3.63, 3.8) is 0 Å². The maximum Gasteiger partial charge on any atom is 0.181 e. The summed E-state index contributed by atoms with van der Waals surface area (Å²) < 4.78 is 23.7. The molecule has 0 atom stereocenters. The molecule has 2 heterocycles. The SMILES string of the molecule is COc1cc(F)ccc1-n1nc(-c2ccc(Br)c(C)c2)nc1CCc1cnn(C)c1. The van der Waals surface area contributed by atoms with Crippen LogP contribution in [0, 0.1) is 12.7 Å². The molecule has 2 aromatic heterocycles. The van der Waals surface area contributed by atoms with Gasteiger partial charge in [-0.25, -0.2) is 14.1 Å². The van der Waals surface area contributed by atoms with Crippen molar-refractivity contribution in [2.24, 2.45) is 7.05 Å². The number of halogens is 2. The minimum absolute atomic E-state index is 0.364. The Kier molecular flexibility index (Phi) is 5.67. The lowest BCUT2D eigenvalue weighted by atomic mass is 10.1. The summed E-state index contributed by atoms with van der Waals surface area (Å²) >= 11 is 3.53. The monoisotopic (exact) mass is 469 g/mol. The average molecular weight is 470 g/mol. The number of methoxy groups -OCH3 is 1. The van der Waals surface area contributed by atoms with Crippen molar-refractivity contribution in [3.05, 3.63) is 76.0 Å². The number of benzene rings is 2. The highest BCUT2D eigenvalue weighted by molar-refractivity contribution is 9.10. The zero-order valence-electron chi connectivity index (χ0n) is 16.9. The van der Waals surface area contributed by atoms with Crippen molar-refractivity contribution in [1.29, 1.82) is 0 Å². The predicted molar refractivity (Wildman–Crippen MR) is 116 cm³/mol. The summed E-state index contributed by atoms with van der Waals surface area (Å²) in [6.07, 6.45) is 5.24. The van der Waals surface area contributed by atoms with Crippen molar-refractivity contribution in [2.75, 3.05) is 7.11 Å². The fourth-order valence-corrected chi connectivity index (χ4v) is 3.54. The fraction of sp³-hybridized carbons (Fsp3) is 0.227. The number of hydrogen-bond acceptors (Lipinski definition) is 4. The van der Waals surface area contributed by atoms with E-state index in [-0.39, 0.29) is 5.82 Å². The molecule has 0 N–H and O–H groups in total. The van der Waals surface area contributed by atoms with Crippen molar-refractivity contribution >= 4 is 15.9 Å². The third-order valence-corrected chi connectivity index (χ3v) is 5.75. The van der Waals surface area contributed by atoms with Crippen LogP contribution in [0.3, 0.4) is 0 Å². The number of ether oxygens (including phenoxy) is 1. The van der Waals surface area contributed by atoms with E-state index in [1.165, 1.54) is 19.2 Å². The number of aromatic nitrogens is 5. The van der Waals surface area contributed by atoms with Crippen LogP contribution in [0.2, 0.25) is 0 Å². The Morgan fingerprint density at radius 3 is 2.67 bits per heavy atom. The summed E-state index contributed by atoms with van der Waals surface area (Å²) in [6, 6.07) is 10.4. The Morgan fingerprint density at radius 2 is 1.97 bits per heavy atom. The first kappa shape index (κ1) is 20.3. The van der Waals surface area contributed by atoms with E-state index in [1.807, 2.05) is 44.6 Å². The van der Waals surface area contributed by atoms with Crippen molar-refractivity contribution in [2.45, 2.75) is 19.8 Å². The molecular formula is C22H21BrFN5O. The van der Waals surface area contributed by atoms with E-state index in [0.29, 0.717) is 23.7 Å². The largest absolute Gasteiger partial charge is 0.494 e. The first-order valence-corrected chi connectivity index (χ1v) is 10.3. The molecule has 154 valence electrons. The topological polar surface area (TPSA) is 57.8 Å². The zero-order chi connectivity index (χ0) is 21.3. The summed E-state index contributed by atoms with van der Waals surface area (Å²) in [5.41, 5.74) is 3.77. The Hall–Kier alpha value is -3.00. The molecule has 8 heteroatoms. The second-order valence-corrected chi connectivity index (χ2v) is 7.92. The van der Waals surface area contributed by atoms with Gasteiger partial charge in [0.25, 0.3) is 0 Å². The number of hydrogen-bond donors (Lipinski definition) is 0. The molecule has 0 amide bonds. The lowest BCUT2D eigenvalue weighted by molar-refractivity contribution is 0.407. The summed E-state index contributed by atoms with van der Waals surface area (Å²) in [5.74, 6) is 1.41. The molecule has 6 nitrogen and oxygen atoms in total. The van der Waals surface area contributed by atoms with Crippen molar-refractivity contribution in [3.8, 4) is 22.8 Å². The molecule has 0 aliphatic rings. The molecule has 0 bridgehead atoms. The van der Waals surface area contributed by atoms with Gasteiger partial charge in [-0.3, -0.25) is 4.68 Å². The fourth-order valence-electron chi connectivity index (χ4n) is 3.29. The maximum atomic E-state index is 13.7. The van der Waals surface area contributed by atoms with Crippen LogP contribution in [-0.2, 0) is 19.9 Å². The highest BCUT2D eigenvalue weighted by atomic mass is 79.9. The van der Waals surface area contributed by atoms with Crippen LogP contribution >= 0.6 is 15.9 Å². The van der Waals surface area contributed by atoms with Gasteiger partial charge in [0.05, 0.1) is 13.3 Å². The Balaban J connectivity index is 1.77. The third-order valence-electron chi connectivity index (χ3n) is 4.86. The van der Waals surface area contributed by atoms with Gasteiger partial charge in [0.15, 0.2) is 5.82 Å². The first-order valence-electron chi connectivity index (χ1n) is 9.48. The maximum absolute atomic E-state index is 13.7. The van der Waals surface area contributed by atoms with Crippen molar-refractivity contribution in [1.82, 2.24) is 24.5 Å². The molecule has 0 saturated carbocycles. The second-order valence-electron chi connectivity index (χ2n) is 7.07. The number of aryl methyl sites for hydroxylation is 4. The normalized spacial score (nSPS) is 11.1. The molecule has 0 aliphatic heterocycles. The minimum Gasteiger partial charge on any atom is -0.494 e. The van der Waals surface area contributed by atoms with Gasteiger partial charge in [-0.05, 0) is 54.8 Å². The van der Waals surface area contributed by atoms with Gasteiger partial charge in [0.2, 0.25) is 0 Å². The summed E-state index contributed by atoms with van der Waals surface area (Å²) in [6.45, 7) is 2.02. The van der Waals surface area contributed by atoms with Gasteiger partial charge in [-0.15, -0.1) is 5.10 Å². The van der Waals surface area contributed by atoms with E-state index in [0.717, 1.165) is 33.4 Å². The quantitative estimate of drug-likeness (QED) is 0.411. The van der Waals surface area contributed by atoms with Crippen LogP contribution in [-0.4, -0.2) is 31.7 Å². The zero-order valence-corrected chi connectivity index (χ0v) is 18.5. The van der Waals surface area contributed by atoms with Crippen molar-refractivity contribution < 1.29 is 9.13 Å². The molecule has 0 unspecified atom stereocenters. The van der Waals surface area contributed by atoms with Crippen LogP contribution < -0.4 is 4.74 Å². The molecule has 30 heavy (non-hydrogen) atoms. The number of rotatable bonds is 6. The van der Waals surface area contributed by atoms with E-state index >= 15 is 0 Å². The highest BCUT2D eigenvalue weighted by Crippen LogP contribution is 2.28. The van der Waals surface area contributed by atoms with Crippen LogP contribution in [0.25, 0.3) is 17.1 Å². The second kappa shape index (κ2) is 8.39. The van der Waals surface area contributed by atoms with Gasteiger partial charge in [-0.2, -0.15) is 5.10 Å². The van der Waals surface area contributed by atoms with Gasteiger partial charge in [-0.1, -0.05) is 15.9 Å². The minimum atomic E-state index is -0.364. The summed E-state index contributed by atoms with van der Waals surface area (Å²) in [4.78, 5) is 4.81. The molecule has 0 radical (unpaired) electrons. The van der Waals surface area contributed by atoms with Crippen LogP contribution in [0.4, 0.5) is 4.39 Å². The lowest BCUT2D eigenvalue weighted by Gasteiger charge is -2.10. The van der Waals surface area contributed by atoms with E-state index < -0.39 is 0 Å². The van der Waals surface area contributed by atoms with Gasteiger partial charge in [0.1, 0.15) is 23.1 Å². The van der Waals surface area contributed by atoms with Gasteiger partial charge >= 0.3 is 0 Å². The van der Waals surface area contributed by atoms with E-state index in [1.54, 1.807) is 15.4 Å². The molecule has 0 spiro atoms. The van der Waals surface area contributed by atoms with Gasteiger partial charge < -0.3 is 4.74 Å². The van der Waals surface area contributed by atoms with Crippen LogP contribution in [0.15, 0.2) is 53.3 Å². The lowest BCUT2D eigenvalue weighted by Crippen LogP contribution is -2.06. The Labute approximate surface area is 182 Å². The molecule has 4 aromatic rings. The Bertz CT molecular complexity index is 1200. The molecular weight excluding hydrogens is 449 g/mol. The summed E-state index contributed by atoms with van der Waals surface area (Å²) in [5, 5.41) is 8.97. The van der Waals surface area contributed by atoms with E-state index in [9.17, 15) is 4.39 Å². The molecule has 2 aromatic carbocycles.